The molecular weight excluding hydrogens is 304 g/mol. The van der Waals surface area contributed by atoms with Crippen LogP contribution in [0.2, 0.25) is 0 Å². The summed E-state index contributed by atoms with van der Waals surface area (Å²) in [5.41, 5.74) is -1.68. The fourth-order valence-corrected chi connectivity index (χ4v) is 2.69. The number of benzene rings is 1. The zero-order valence-corrected chi connectivity index (χ0v) is 13.4. The van der Waals surface area contributed by atoms with Crippen LogP contribution in [-0.4, -0.2) is 48.8 Å². The monoisotopic (exact) mass is 324 g/mol. The molecule has 1 aliphatic rings. The van der Waals surface area contributed by atoms with E-state index in [1.54, 1.807) is 30.3 Å². The fraction of sp³-hybridized carbons (Fsp3) is 0.500. The Morgan fingerprint density at radius 2 is 1.78 bits per heavy atom. The van der Waals surface area contributed by atoms with Crippen molar-refractivity contribution >= 4 is 11.9 Å². The summed E-state index contributed by atoms with van der Waals surface area (Å²) in [7, 11) is 2.30. The Bertz CT molecular complexity index is 583. The number of hydrogen-bond acceptors (Lipinski definition) is 7. The van der Waals surface area contributed by atoms with Crippen LogP contribution in [0.5, 0.6) is 0 Å². The Morgan fingerprint density at radius 1 is 1.17 bits per heavy atom. The highest BCUT2D eigenvalue weighted by atomic mass is 16.8. The number of carbonyl (C=O) groups is 2. The summed E-state index contributed by atoms with van der Waals surface area (Å²) in [4.78, 5) is 24.6. The lowest BCUT2D eigenvalue weighted by molar-refractivity contribution is -0.206. The highest BCUT2D eigenvalue weighted by molar-refractivity contribution is 5.91. The lowest BCUT2D eigenvalue weighted by Gasteiger charge is -2.33. The van der Waals surface area contributed by atoms with E-state index in [9.17, 15) is 14.7 Å². The van der Waals surface area contributed by atoms with Crippen LogP contribution in [0.15, 0.2) is 30.3 Å². The van der Waals surface area contributed by atoms with Crippen molar-refractivity contribution in [1.29, 1.82) is 0 Å². The predicted molar refractivity (Wildman–Crippen MR) is 78.2 cm³/mol. The summed E-state index contributed by atoms with van der Waals surface area (Å²) in [6.07, 6.45) is -2.95. The van der Waals surface area contributed by atoms with Gasteiger partial charge in [-0.1, -0.05) is 30.3 Å². The first-order valence-electron chi connectivity index (χ1n) is 7.05. The molecule has 0 aliphatic carbocycles. The number of rotatable bonds is 4. The third-order valence-electron chi connectivity index (χ3n) is 3.65. The fourth-order valence-electron chi connectivity index (χ4n) is 2.69. The van der Waals surface area contributed by atoms with Crippen molar-refractivity contribution in [3.63, 3.8) is 0 Å². The van der Waals surface area contributed by atoms with E-state index in [1.807, 2.05) is 0 Å². The summed E-state index contributed by atoms with van der Waals surface area (Å²) in [6.45, 7) is 3.07. The molecule has 0 amide bonds. The molecule has 1 aromatic carbocycles. The predicted octanol–water partition coefficient (Wildman–Crippen LogP) is 0.956. The van der Waals surface area contributed by atoms with Gasteiger partial charge in [0.05, 0.1) is 14.2 Å². The second kappa shape index (κ2) is 6.27. The van der Waals surface area contributed by atoms with Gasteiger partial charge in [-0.2, -0.15) is 0 Å². The Morgan fingerprint density at radius 3 is 2.30 bits per heavy atom. The molecule has 7 nitrogen and oxygen atoms in total. The summed E-state index contributed by atoms with van der Waals surface area (Å²) in [5.74, 6) is -3.05. The first-order valence-corrected chi connectivity index (χ1v) is 7.05. The molecule has 1 unspecified atom stereocenters. The van der Waals surface area contributed by atoms with Gasteiger partial charge in [0.1, 0.15) is 6.10 Å². The molecular formula is C16H20O7. The van der Waals surface area contributed by atoms with E-state index in [0.717, 1.165) is 14.2 Å². The van der Waals surface area contributed by atoms with Crippen LogP contribution in [0, 0.1) is 0 Å². The molecule has 0 radical (unpaired) electrons. The number of carbonyl (C=O) groups excluding carboxylic acids is 2. The molecule has 7 heteroatoms. The van der Waals surface area contributed by atoms with Gasteiger partial charge >= 0.3 is 11.9 Å². The van der Waals surface area contributed by atoms with Gasteiger partial charge in [-0.05, 0) is 19.4 Å². The van der Waals surface area contributed by atoms with Gasteiger partial charge in [-0.3, -0.25) is 0 Å². The SMILES string of the molecule is COC(=O)[C@@H]1OC(C)(C)O[C@]1(C(=O)OC)C(O)c1ccccc1. The van der Waals surface area contributed by atoms with E-state index < -0.39 is 35.5 Å². The zero-order chi connectivity index (χ0) is 17.3. The minimum atomic E-state index is -2.06. The summed E-state index contributed by atoms with van der Waals surface area (Å²) < 4.78 is 20.7. The molecule has 2 rings (SSSR count). The van der Waals surface area contributed by atoms with Crippen molar-refractivity contribution < 1.29 is 33.6 Å². The Labute approximate surface area is 134 Å². The highest BCUT2D eigenvalue weighted by Gasteiger charge is 2.67. The molecule has 0 spiro atoms. The van der Waals surface area contributed by atoms with E-state index in [2.05, 4.69) is 0 Å². The summed E-state index contributed by atoms with van der Waals surface area (Å²) >= 11 is 0. The Kier molecular flexibility index (Phi) is 4.74. The molecule has 0 saturated carbocycles. The van der Waals surface area contributed by atoms with Crippen molar-refractivity contribution in [3.8, 4) is 0 Å². The topological polar surface area (TPSA) is 91.3 Å². The highest BCUT2D eigenvalue weighted by Crippen LogP contribution is 2.45. The minimum Gasteiger partial charge on any atom is -0.467 e. The number of ether oxygens (including phenoxy) is 4. The Balaban J connectivity index is 2.58. The largest absolute Gasteiger partial charge is 0.467 e. The molecule has 1 aliphatic heterocycles. The maximum Gasteiger partial charge on any atom is 0.344 e. The average Bonchev–Trinajstić information content (AvgIpc) is 2.86. The number of hydrogen-bond donors (Lipinski definition) is 1. The summed E-state index contributed by atoms with van der Waals surface area (Å²) in [5, 5.41) is 10.8. The second-order valence-electron chi connectivity index (χ2n) is 5.62. The van der Waals surface area contributed by atoms with Gasteiger partial charge in [0, 0.05) is 0 Å². The van der Waals surface area contributed by atoms with Crippen molar-refractivity contribution in [3.05, 3.63) is 35.9 Å². The van der Waals surface area contributed by atoms with E-state index in [-0.39, 0.29) is 0 Å². The smallest absolute Gasteiger partial charge is 0.344 e. The number of aliphatic hydroxyl groups is 1. The van der Waals surface area contributed by atoms with Gasteiger partial charge in [-0.15, -0.1) is 0 Å². The van der Waals surface area contributed by atoms with Crippen molar-refractivity contribution in [2.75, 3.05) is 14.2 Å². The molecule has 126 valence electrons. The average molecular weight is 324 g/mol. The molecule has 0 aromatic heterocycles. The van der Waals surface area contributed by atoms with Gasteiger partial charge in [0.25, 0.3) is 0 Å². The lowest BCUT2D eigenvalue weighted by Crippen LogP contribution is -2.56. The molecule has 1 N–H and O–H groups in total. The summed E-state index contributed by atoms with van der Waals surface area (Å²) in [6, 6.07) is 8.36. The van der Waals surface area contributed by atoms with E-state index in [1.165, 1.54) is 13.8 Å². The molecule has 1 heterocycles. The van der Waals surface area contributed by atoms with E-state index in [4.69, 9.17) is 18.9 Å². The Hall–Kier alpha value is -1.96. The third kappa shape index (κ3) is 2.95. The van der Waals surface area contributed by atoms with Crippen molar-refractivity contribution in [2.45, 2.75) is 37.4 Å². The maximum absolute atomic E-state index is 12.5. The van der Waals surface area contributed by atoms with Crippen LogP contribution >= 0.6 is 0 Å². The number of esters is 2. The molecule has 23 heavy (non-hydrogen) atoms. The van der Waals surface area contributed by atoms with E-state index >= 15 is 0 Å². The van der Waals surface area contributed by atoms with Crippen LogP contribution in [0.25, 0.3) is 0 Å². The van der Waals surface area contributed by atoms with Crippen LogP contribution in [0.1, 0.15) is 25.5 Å². The van der Waals surface area contributed by atoms with Crippen molar-refractivity contribution in [1.82, 2.24) is 0 Å². The van der Waals surface area contributed by atoms with Gasteiger partial charge in [-0.25, -0.2) is 9.59 Å². The van der Waals surface area contributed by atoms with Gasteiger partial charge < -0.3 is 24.1 Å². The van der Waals surface area contributed by atoms with Gasteiger partial charge in [0.2, 0.25) is 11.7 Å². The van der Waals surface area contributed by atoms with Crippen molar-refractivity contribution in [2.24, 2.45) is 0 Å². The zero-order valence-electron chi connectivity index (χ0n) is 13.4. The molecule has 1 saturated heterocycles. The van der Waals surface area contributed by atoms with Crippen LogP contribution < -0.4 is 0 Å². The molecule has 3 atom stereocenters. The van der Waals surface area contributed by atoms with E-state index in [0.29, 0.717) is 5.56 Å². The van der Waals surface area contributed by atoms with Crippen LogP contribution in [-0.2, 0) is 28.5 Å². The van der Waals surface area contributed by atoms with Crippen LogP contribution in [0.3, 0.4) is 0 Å². The lowest BCUT2D eigenvalue weighted by atomic mass is 9.85. The minimum absolute atomic E-state index is 0.383. The number of methoxy groups -OCH3 is 2. The normalized spacial score (nSPS) is 27.3. The first kappa shape index (κ1) is 17.4. The maximum atomic E-state index is 12.5. The quantitative estimate of drug-likeness (QED) is 0.825. The van der Waals surface area contributed by atoms with Crippen LogP contribution in [0.4, 0.5) is 0 Å². The standard InChI is InChI=1S/C16H20O7/c1-15(2)22-12(13(18)20-3)16(23-15,14(19)21-4)11(17)10-8-6-5-7-9-10/h5-9,11-12,17H,1-4H3/t11?,12-,16+/m0/s1. The molecule has 0 bridgehead atoms. The molecule has 1 fully saturated rings. The van der Waals surface area contributed by atoms with Gasteiger partial charge in [0.15, 0.2) is 5.79 Å². The second-order valence-corrected chi connectivity index (χ2v) is 5.62. The molecule has 1 aromatic rings. The third-order valence-corrected chi connectivity index (χ3v) is 3.65. The first-order chi connectivity index (χ1) is 10.8. The number of aliphatic hydroxyl groups excluding tert-OH is 1.